The highest BCUT2D eigenvalue weighted by Crippen LogP contribution is 2.32. The lowest BCUT2D eigenvalue weighted by Gasteiger charge is -2.16. The van der Waals surface area contributed by atoms with Gasteiger partial charge in [0.05, 0.1) is 12.0 Å². The van der Waals surface area contributed by atoms with E-state index in [4.69, 9.17) is 0 Å². The molecule has 1 aliphatic rings. The van der Waals surface area contributed by atoms with E-state index < -0.39 is 10.1 Å². The molecule has 0 aliphatic carbocycles. The summed E-state index contributed by atoms with van der Waals surface area (Å²) < 4.78 is 28.5. The molecule has 1 atom stereocenters. The monoisotopic (exact) mass is 269 g/mol. The zero-order chi connectivity index (χ0) is 13.3. The number of benzene rings is 1. The van der Waals surface area contributed by atoms with Crippen LogP contribution >= 0.6 is 0 Å². The molecule has 1 aromatic rings. The molecule has 0 bridgehead atoms. The number of nitrogens with zero attached hydrogens (tertiary/aromatic N) is 1. The Hall–Kier alpha value is -0.910. The fraction of sp³-hybridized carbons (Fsp3) is 0.538. The van der Waals surface area contributed by atoms with Crippen LogP contribution in [0.25, 0.3) is 0 Å². The van der Waals surface area contributed by atoms with E-state index in [2.05, 4.69) is 16.1 Å². The summed E-state index contributed by atoms with van der Waals surface area (Å²) in [6, 6.07) is 5.44. The fourth-order valence-electron chi connectivity index (χ4n) is 2.49. The van der Waals surface area contributed by atoms with Crippen molar-refractivity contribution < 1.29 is 12.6 Å². The Balaban J connectivity index is 2.48. The van der Waals surface area contributed by atoms with Crippen molar-refractivity contribution in [2.75, 3.05) is 27.2 Å². The third-order valence-electron chi connectivity index (χ3n) is 3.49. The van der Waals surface area contributed by atoms with Gasteiger partial charge in [-0.3, -0.25) is 4.18 Å². The van der Waals surface area contributed by atoms with Crippen molar-refractivity contribution in [3.63, 3.8) is 0 Å². The molecule has 0 radical (unpaired) electrons. The summed E-state index contributed by atoms with van der Waals surface area (Å²) in [4.78, 5) is 2.53. The molecule has 18 heavy (non-hydrogen) atoms. The van der Waals surface area contributed by atoms with Gasteiger partial charge >= 0.3 is 0 Å². The number of aryl methyl sites for hydroxylation is 1. The Morgan fingerprint density at radius 2 is 2.11 bits per heavy atom. The maximum atomic E-state index is 11.9. The highest BCUT2D eigenvalue weighted by molar-refractivity contribution is 7.86. The standard InChI is InChI=1S/C13H19NO3S/c1-10-4-5-13(18(15,16)17-3)12(8-10)11-6-7-14(2)9-11/h4-5,8,11H,6-7,9H2,1-3H3/t11-/m1/s1. The van der Waals surface area contributed by atoms with Gasteiger partial charge in [0.1, 0.15) is 0 Å². The molecule has 1 heterocycles. The molecule has 5 heteroatoms. The molecule has 1 aromatic carbocycles. The van der Waals surface area contributed by atoms with E-state index in [-0.39, 0.29) is 5.92 Å². The summed E-state index contributed by atoms with van der Waals surface area (Å²) in [5.74, 6) is 0.273. The molecular weight excluding hydrogens is 250 g/mol. The summed E-state index contributed by atoms with van der Waals surface area (Å²) in [5.41, 5.74) is 1.97. The molecule has 1 aliphatic heterocycles. The average Bonchev–Trinajstić information content (AvgIpc) is 2.75. The average molecular weight is 269 g/mol. The first-order chi connectivity index (χ1) is 8.44. The molecule has 2 rings (SSSR count). The summed E-state index contributed by atoms with van der Waals surface area (Å²) in [7, 11) is -0.355. The number of likely N-dealkylation sites (N-methyl/N-ethyl adjacent to an activating group) is 1. The molecule has 0 unspecified atom stereocenters. The number of rotatable bonds is 3. The van der Waals surface area contributed by atoms with Gasteiger partial charge in [-0.1, -0.05) is 17.7 Å². The third-order valence-corrected chi connectivity index (χ3v) is 4.83. The molecule has 4 nitrogen and oxygen atoms in total. The highest BCUT2D eigenvalue weighted by Gasteiger charge is 2.27. The van der Waals surface area contributed by atoms with Crippen LogP contribution in [0.4, 0.5) is 0 Å². The van der Waals surface area contributed by atoms with E-state index in [1.54, 1.807) is 6.07 Å². The molecule has 0 N–H and O–H groups in total. The molecule has 0 aromatic heterocycles. The van der Waals surface area contributed by atoms with Gasteiger partial charge in [0.25, 0.3) is 10.1 Å². The van der Waals surface area contributed by atoms with E-state index in [9.17, 15) is 8.42 Å². The number of hydrogen-bond donors (Lipinski definition) is 0. The first kappa shape index (κ1) is 13.5. The van der Waals surface area contributed by atoms with Gasteiger partial charge in [0.2, 0.25) is 0 Å². The van der Waals surface area contributed by atoms with Gasteiger partial charge in [-0.15, -0.1) is 0 Å². The van der Waals surface area contributed by atoms with Crippen LogP contribution in [-0.4, -0.2) is 40.6 Å². The van der Waals surface area contributed by atoms with Gasteiger partial charge in [-0.25, -0.2) is 0 Å². The highest BCUT2D eigenvalue weighted by atomic mass is 32.2. The number of likely N-dealkylation sites (tertiary alicyclic amines) is 1. The van der Waals surface area contributed by atoms with E-state index >= 15 is 0 Å². The van der Waals surface area contributed by atoms with E-state index in [1.165, 1.54) is 7.11 Å². The minimum absolute atomic E-state index is 0.273. The summed E-state index contributed by atoms with van der Waals surface area (Å²) in [5, 5.41) is 0. The van der Waals surface area contributed by atoms with Crippen molar-refractivity contribution in [3.05, 3.63) is 29.3 Å². The second-order valence-electron chi connectivity index (χ2n) is 4.91. The lowest BCUT2D eigenvalue weighted by molar-refractivity contribution is 0.395. The second kappa shape index (κ2) is 4.99. The van der Waals surface area contributed by atoms with Crippen LogP contribution in [0.5, 0.6) is 0 Å². The fourth-order valence-corrected chi connectivity index (χ4v) is 3.42. The first-order valence-corrected chi connectivity index (χ1v) is 7.44. The zero-order valence-corrected chi connectivity index (χ0v) is 11.8. The molecule has 0 amide bonds. The van der Waals surface area contributed by atoms with Crippen LogP contribution in [0.15, 0.2) is 23.1 Å². The van der Waals surface area contributed by atoms with Crippen molar-refractivity contribution in [2.45, 2.75) is 24.2 Å². The molecule has 100 valence electrons. The molecule has 1 fully saturated rings. The minimum atomic E-state index is -3.62. The predicted molar refractivity (Wildman–Crippen MR) is 70.2 cm³/mol. The van der Waals surface area contributed by atoms with Crippen molar-refractivity contribution in [1.82, 2.24) is 4.90 Å². The maximum absolute atomic E-state index is 11.9. The van der Waals surface area contributed by atoms with Gasteiger partial charge in [-0.2, -0.15) is 8.42 Å². The SMILES string of the molecule is COS(=O)(=O)c1ccc(C)cc1[C@@H]1CCN(C)C1. The lowest BCUT2D eigenvalue weighted by Crippen LogP contribution is -2.15. The van der Waals surface area contributed by atoms with Crippen molar-refractivity contribution >= 4 is 10.1 Å². The Morgan fingerprint density at radius 3 is 2.67 bits per heavy atom. The Bertz CT molecular complexity index is 539. The summed E-state index contributed by atoms with van der Waals surface area (Å²) >= 11 is 0. The van der Waals surface area contributed by atoms with Crippen LogP contribution in [0.2, 0.25) is 0 Å². The Labute approximate surface area is 109 Å². The largest absolute Gasteiger partial charge is 0.306 e. The predicted octanol–water partition coefficient (Wildman–Crippen LogP) is 1.75. The topological polar surface area (TPSA) is 46.6 Å². The van der Waals surface area contributed by atoms with Crippen molar-refractivity contribution in [1.29, 1.82) is 0 Å². The van der Waals surface area contributed by atoms with E-state index in [0.29, 0.717) is 4.90 Å². The smallest absolute Gasteiger partial charge is 0.296 e. The zero-order valence-electron chi connectivity index (χ0n) is 11.0. The van der Waals surface area contributed by atoms with Gasteiger partial charge in [0, 0.05) is 6.54 Å². The van der Waals surface area contributed by atoms with Crippen LogP contribution < -0.4 is 0 Å². The summed E-state index contributed by atoms with van der Waals surface area (Å²) in [6.45, 7) is 3.88. The third kappa shape index (κ3) is 2.58. The summed E-state index contributed by atoms with van der Waals surface area (Å²) in [6.07, 6.45) is 0.992. The normalized spacial score (nSPS) is 21.4. The molecule has 1 saturated heterocycles. The van der Waals surface area contributed by atoms with Crippen LogP contribution in [-0.2, 0) is 14.3 Å². The minimum Gasteiger partial charge on any atom is -0.306 e. The quantitative estimate of drug-likeness (QED) is 0.784. The van der Waals surface area contributed by atoms with E-state index in [1.807, 2.05) is 19.1 Å². The van der Waals surface area contributed by atoms with E-state index in [0.717, 1.165) is 30.6 Å². The van der Waals surface area contributed by atoms with Crippen LogP contribution in [0.3, 0.4) is 0 Å². The molecule has 0 saturated carbocycles. The Morgan fingerprint density at radius 1 is 1.39 bits per heavy atom. The molecular formula is C13H19NO3S. The van der Waals surface area contributed by atoms with Gasteiger partial charge in [-0.05, 0) is 44.5 Å². The van der Waals surface area contributed by atoms with Crippen molar-refractivity contribution in [3.8, 4) is 0 Å². The van der Waals surface area contributed by atoms with Crippen LogP contribution in [0, 0.1) is 6.92 Å². The maximum Gasteiger partial charge on any atom is 0.296 e. The molecule has 0 spiro atoms. The van der Waals surface area contributed by atoms with Gasteiger partial charge < -0.3 is 4.90 Å². The first-order valence-electron chi connectivity index (χ1n) is 6.04. The number of hydrogen-bond acceptors (Lipinski definition) is 4. The van der Waals surface area contributed by atoms with Gasteiger partial charge in [0.15, 0.2) is 0 Å². The lowest BCUT2D eigenvalue weighted by atomic mass is 9.97. The van der Waals surface area contributed by atoms with Crippen molar-refractivity contribution in [2.24, 2.45) is 0 Å². The second-order valence-corrected chi connectivity index (χ2v) is 6.59. The Kier molecular flexibility index (Phi) is 3.75. The van der Waals surface area contributed by atoms with Crippen LogP contribution in [0.1, 0.15) is 23.5 Å².